The van der Waals surface area contributed by atoms with Gasteiger partial charge in [0.15, 0.2) is 0 Å². The first-order valence-electron chi connectivity index (χ1n) is 8.02. The number of hydrogen-bond donors (Lipinski definition) is 2. The van der Waals surface area contributed by atoms with E-state index in [0.717, 1.165) is 4.68 Å². The monoisotopic (exact) mass is 452 g/mol. The first kappa shape index (κ1) is 20.9. The van der Waals surface area contributed by atoms with Gasteiger partial charge in [-0.15, -0.1) is 0 Å². The van der Waals surface area contributed by atoms with Crippen molar-refractivity contribution >= 4 is 46.7 Å². The zero-order chi connectivity index (χ0) is 21.3. The molecule has 3 aromatic rings. The number of hydrogen-bond acceptors (Lipinski definition) is 4. The van der Waals surface area contributed by atoms with Crippen molar-refractivity contribution in [2.45, 2.75) is 6.42 Å². The molecule has 0 radical (unpaired) electrons. The Morgan fingerprint density at radius 1 is 0.966 bits per heavy atom. The summed E-state index contributed by atoms with van der Waals surface area (Å²) in [4.78, 5) is 36.0. The molecule has 29 heavy (non-hydrogen) atoms. The van der Waals surface area contributed by atoms with Crippen LogP contribution in [-0.4, -0.2) is 31.9 Å². The van der Waals surface area contributed by atoms with Crippen LogP contribution < -0.4 is 5.43 Å². The molecule has 2 aromatic carbocycles. The Bertz CT molecular complexity index is 1170. The molecular weight excluding hydrogens is 443 g/mol. The Labute approximate surface area is 178 Å². The van der Waals surface area contributed by atoms with Crippen molar-refractivity contribution in [1.29, 1.82) is 0 Å². The maximum absolute atomic E-state index is 12.5. The van der Waals surface area contributed by atoms with Crippen LogP contribution in [0.3, 0.4) is 0 Å². The number of rotatable bonds is 5. The highest BCUT2D eigenvalue weighted by atomic mass is 35.5. The summed E-state index contributed by atoms with van der Waals surface area (Å²) >= 11 is 18.4. The normalized spacial score (nSPS) is 10.7. The fourth-order valence-electron chi connectivity index (χ4n) is 2.80. The Kier molecular flexibility index (Phi) is 5.93. The molecule has 1 aromatic heterocycles. The highest BCUT2D eigenvalue weighted by molar-refractivity contribution is 6.40. The van der Waals surface area contributed by atoms with Gasteiger partial charge in [0.25, 0.3) is 0 Å². The highest BCUT2D eigenvalue weighted by Crippen LogP contribution is 2.33. The van der Waals surface area contributed by atoms with Gasteiger partial charge in [0.05, 0.1) is 15.7 Å². The summed E-state index contributed by atoms with van der Waals surface area (Å²) in [6.07, 6.45) is -0.0418. The predicted molar refractivity (Wildman–Crippen MR) is 108 cm³/mol. The molecule has 1 heterocycles. The summed E-state index contributed by atoms with van der Waals surface area (Å²) in [7, 11) is 0. The van der Waals surface area contributed by atoms with E-state index in [0.29, 0.717) is 5.56 Å². The number of aromatic carboxylic acids is 2. The third-order valence-electron chi connectivity index (χ3n) is 4.01. The molecule has 0 unspecified atom stereocenters. The number of carboxylic acid groups (broad SMARTS) is 2. The second kappa shape index (κ2) is 8.24. The van der Waals surface area contributed by atoms with Crippen molar-refractivity contribution in [3.8, 4) is 5.69 Å². The lowest BCUT2D eigenvalue weighted by molar-refractivity contribution is 0.0685. The van der Waals surface area contributed by atoms with Gasteiger partial charge in [-0.05, 0) is 17.7 Å². The molecule has 0 aliphatic rings. The molecule has 3 rings (SSSR count). The fraction of sp³-hybridized carbons (Fsp3) is 0.0526. The van der Waals surface area contributed by atoms with Crippen molar-refractivity contribution in [1.82, 2.24) is 9.78 Å². The first-order valence-corrected chi connectivity index (χ1v) is 9.15. The molecule has 0 amide bonds. The van der Waals surface area contributed by atoms with Gasteiger partial charge in [-0.3, -0.25) is 4.79 Å². The standard InChI is InChI=1S/C19H11Cl3N2O5/c20-10-7-11(21)16(12(22)8-10)24-13(6-9-4-2-1-3-5-9)14(18(26)27)17(25)15(23-24)19(28)29/h1-5,7-8H,6H2,(H,26,27)(H,28,29). The lowest BCUT2D eigenvalue weighted by Crippen LogP contribution is -2.31. The zero-order valence-electron chi connectivity index (χ0n) is 14.4. The Morgan fingerprint density at radius 2 is 1.55 bits per heavy atom. The summed E-state index contributed by atoms with van der Waals surface area (Å²) in [5.74, 6) is -3.28. The summed E-state index contributed by atoms with van der Waals surface area (Å²) in [5, 5.41) is 23.1. The maximum atomic E-state index is 12.5. The molecule has 0 aliphatic carbocycles. The van der Waals surface area contributed by atoms with Crippen LogP contribution in [0.25, 0.3) is 5.69 Å². The maximum Gasteiger partial charge on any atom is 0.360 e. The number of benzene rings is 2. The molecule has 0 saturated heterocycles. The number of halogens is 3. The van der Waals surface area contributed by atoms with Gasteiger partial charge in [-0.2, -0.15) is 5.10 Å². The van der Waals surface area contributed by atoms with Crippen LogP contribution in [0.1, 0.15) is 32.1 Å². The van der Waals surface area contributed by atoms with Gasteiger partial charge in [0, 0.05) is 11.4 Å². The summed E-state index contributed by atoms with van der Waals surface area (Å²) in [6, 6.07) is 11.4. The summed E-state index contributed by atoms with van der Waals surface area (Å²) in [6.45, 7) is 0. The van der Waals surface area contributed by atoms with E-state index in [1.807, 2.05) is 0 Å². The van der Waals surface area contributed by atoms with E-state index in [1.54, 1.807) is 30.3 Å². The largest absolute Gasteiger partial charge is 0.477 e. The molecule has 0 saturated carbocycles. The molecule has 148 valence electrons. The van der Waals surface area contributed by atoms with Gasteiger partial charge >= 0.3 is 11.9 Å². The average molecular weight is 454 g/mol. The average Bonchev–Trinajstić information content (AvgIpc) is 2.62. The lowest BCUT2D eigenvalue weighted by Gasteiger charge is -2.18. The fourth-order valence-corrected chi connectivity index (χ4v) is 3.77. The van der Waals surface area contributed by atoms with Crippen molar-refractivity contribution < 1.29 is 19.8 Å². The molecular formula is C19H11Cl3N2O5. The van der Waals surface area contributed by atoms with Crippen LogP contribution in [0, 0.1) is 0 Å². The minimum Gasteiger partial charge on any atom is -0.477 e. The first-order chi connectivity index (χ1) is 13.7. The van der Waals surface area contributed by atoms with E-state index in [2.05, 4.69) is 5.10 Å². The molecule has 0 atom stereocenters. The van der Waals surface area contributed by atoms with Gasteiger partial charge in [-0.25, -0.2) is 14.3 Å². The van der Waals surface area contributed by atoms with E-state index in [9.17, 15) is 24.6 Å². The molecule has 7 nitrogen and oxygen atoms in total. The van der Waals surface area contributed by atoms with Crippen LogP contribution in [0.5, 0.6) is 0 Å². The molecule has 2 N–H and O–H groups in total. The van der Waals surface area contributed by atoms with E-state index in [4.69, 9.17) is 34.8 Å². The van der Waals surface area contributed by atoms with Crippen LogP contribution >= 0.6 is 34.8 Å². The molecule has 0 aliphatic heterocycles. The van der Waals surface area contributed by atoms with Crippen LogP contribution in [-0.2, 0) is 6.42 Å². The smallest absolute Gasteiger partial charge is 0.360 e. The third-order valence-corrected chi connectivity index (χ3v) is 4.81. The van der Waals surface area contributed by atoms with Crippen molar-refractivity contribution in [3.05, 3.63) is 90.3 Å². The molecule has 0 bridgehead atoms. The molecule has 0 fully saturated rings. The number of carbonyl (C=O) groups is 2. The zero-order valence-corrected chi connectivity index (χ0v) is 16.7. The highest BCUT2D eigenvalue weighted by Gasteiger charge is 2.28. The third kappa shape index (κ3) is 4.12. The van der Waals surface area contributed by atoms with Crippen LogP contribution in [0.2, 0.25) is 15.1 Å². The van der Waals surface area contributed by atoms with E-state index < -0.39 is 28.6 Å². The van der Waals surface area contributed by atoms with E-state index in [1.165, 1.54) is 12.1 Å². The quantitative estimate of drug-likeness (QED) is 0.600. The number of carboxylic acids is 2. The van der Waals surface area contributed by atoms with Crippen LogP contribution in [0.4, 0.5) is 0 Å². The van der Waals surface area contributed by atoms with Gasteiger partial charge in [0.2, 0.25) is 11.1 Å². The summed E-state index contributed by atoms with van der Waals surface area (Å²) < 4.78 is 0.975. The minimum absolute atomic E-state index is 0.000591. The van der Waals surface area contributed by atoms with Gasteiger partial charge in [-0.1, -0.05) is 65.1 Å². The Morgan fingerprint density at radius 3 is 2.07 bits per heavy atom. The minimum atomic E-state index is -1.68. The second-order valence-corrected chi connectivity index (χ2v) is 7.15. The topological polar surface area (TPSA) is 109 Å². The van der Waals surface area contributed by atoms with Crippen LogP contribution in [0.15, 0.2) is 47.3 Å². The summed E-state index contributed by atoms with van der Waals surface area (Å²) in [5.41, 5.74) is -2.33. The van der Waals surface area contributed by atoms with Crippen molar-refractivity contribution in [2.75, 3.05) is 0 Å². The van der Waals surface area contributed by atoms with Gasteiger partial charge in [0.1, 0.15) is 11.3 Å². The van der Waals surface area contributed by atoms with E-state index in [-0.39, 0.29) is 32.9 Å². The number of aromatic nitrogens is 2. The van der Waals surface area contributed by atoms with E-state index >= 15 is 0 Å². The lowest BCUT2D eigenvalue weighted by atomic mass is 10.0. The predicted octanol–water partition coefficient (Wildman–Crippen LogP) is 4.18. The SMILES string of the molecule is O=C(O)c1nn(-c2c(Cl)cc(Cl)cc2Cl)c(Cc2ccccc2)c(C(=O)O)c1=O. The molecule has 10 heteroatoms. The van der Waals surface area contributed by atoms with Crippen molar-refractivity contribution in [3.63, 3.8) is 0 Å². The number of nitrogens with zero attached hydrogens (tertiary/aromatic N) is 2. The second-order valence-electron chi connectivity index (χ2n) is 5.90. The van der Waals surface area contributed by atoms with Gasteiger partial charge < -0.3 is 10.2 Å². The van der Waals surface area contributed by atoms with Crippen molar-refractivity contribution in [2.24, 2.45) is 0 Å². The Balaban J connectivity index is 2.44. The Hall–Kier alpha value is -2.87. The molecule has 0 spiro atoms.